The summed E-state index contributed by atoms with van der Waals surface area (Å²) in [5.74, 6) is -0.706. The van der Waals surface area contributed by atoms with Crippen LogP contribution in [0.3, 0.4) is 0 Å². The molecule has 8 nitrogen and oxygen atoms in total. The maximum atomic E-state index is 12.5. The first-order chi connectivity index (χ1) is 13.9. The fourth-order valence-corrected chi connectivity index (χ4v) is 2.87. The number of halogens is 1. The molecule has 0 aliphatic rings. The van der Waals surface area contributed by atoms with E-state index < -0.39 is 16.7 Å². The first-order valence-corrected chi connectivity index (χ1v) is 9.99. The van der Waals surface area contributed by atoms with Crippen LogP contribution in [0.4, 0.5) is 5.69 Å². The van der Waals surface area contributed by atoms with Crippen molar-refractivity contribution in [1.29, 1.82) is 0 Å². The number of nitrogens with zero attached hydrogens (tertiary/aromatic N) is 1. The van der Waals surface area contributed by atoms with E-state index in [1.54, 1.807) is 18.2 Å². The largest absolute Gasteiger partial charge is 0.493 e. The van der Waals surface area contributed by atoms with Gasteiger partial charge >= 0.3 is 0 Å². The van der Waals surface area contributed by atoms with Crippen molar-refractivity contribution >= 4 is 33.4 Å². The second-order valence-electron chi connectivity index (χ2n) is 6.26. The Balaban J connectivity index is 1.97. The molecule has 0 heterocycles. The lowest BCUT2D eigenvalue weighted by atomic mass is 10.2. The highest BCUT2D eigenvalue weighted by Crippen LogP contribution is 2.23. The topological polar surface area (TPSA) is 111 Å². The van der Waals surface area contributed by atoms with E-state index >= 15 is 0 Å². The molecule has 0 aliphatic carbocycles. The molecule has 29 heavy (non-hydrogen) atoms. The molecule has 2 N–H and O–H groups in total. The summed E-state index contributed by atoms with van der Waals surface area (Å²) in [7, 11) is 0. The van der Waals surface area contributed by atoms with E-state index in [-0.39, 0.29) is 16.8 Å². The molecule has 0 unspecified atom stereocenters. The van der Waals surface area contributed by atoms with Gasteiger partial charge in [-0.2, -0.15) is 0 Å². The lowest BCUT2D eigenvalue weighted by molar-refractivity contribution is -0.384. The number of non-ortho nitro benzene ring substituents is 1. The van der Waals surface area contributed by atoms with Gasteiger partial charge in [-0.3, -0.25) is 30.6 Å². The summed E-state index contributed by atoms with van der Waals surface area (Å²) in [5.41, 5.74) is 4.97. The van der Waals surface area contributed by atoms with Crippen molar-refractivity contribution in [3.63, 3.8) is 0 Å². The molecule has 2 amide bonds. The molecule has 2 aromatic carbocycles. The molecule has 2 aromatic rings. The van der Waals surface area contributed by atoms with Crippen LogP contribution in [0.1, 0.15) is 53.3 Å². The van der Waals surface area contributed by atoms with Gasteiger partial charge < -0.3 is 4.74 Å². The minimum absolute atomic E-state index is 0.125. The summed E-state index contributed by atoms with van der Waals surface area (Å²) >= 11 is 3.32. The molecule has 0 bridgehead atoms. The molecule has 2 rings (SSSR count). The number of nitrogens with one attached hydrogen (secondary N) is 2. The summed E-state index contributed by atoms with van der Waals surface area (Å²) in [6.07, 6.45) is 4.20. The quantitative estimate of drug-likeness (QED) is 0.325. The standard InChI is InChI=1S/C20H22BrN3O5/c1-2-3-4-5-12-29-18-11-8-15(21)13-17(18)20(26)23-22-19(25)14-6-9-16(10-7-14)24(27)28/h6-11,13H,2-5,12H2,1H3,(H,22,25)(H,23,26). The first kappa shape index (κ1) is 22.4. The van der Waals surface area contributed by atoms with Gasteiger partial charge in [0.15, 0.2) is 0 Å². The van der Waals surface area contributed by atoms with Crippen LogP contribution in [0.2, 0.25) is 0 Å². The van der Waals surface area contributed by atoms with Crippen molar-refractivity contribution in [2.75, 3.05) is 6.61 Å². The van der Waals surface area contributed by atoms with Crippen molar-refractivity contribution in [2.45, 2.75) is 32.6 Å². The van der Waals surface area contributed by atoms with Crippen LogP contribution in [-0.4, -0.2) is 23.3 Å². The summed E-state index contributed by atoms with van der Waals surface area (Å²) in [6, 6.07) is 10.1. The van der Waals surface area contributed by atoms with Crippen LogP contribution >= 0.6 is 15.9 Å². The van der Waals surface area contributed by atoms with Crippen molar-refractivity contribution in [3.05, 3.63) is 68.2 Å². The molecule has 0 aromatic heterocycles. The van der Waals surface area contributed by atoms with E-state index in [4.69, 9.17) is 4.74 Å². The fraction of sp³-hybridized carbons (Fsp3) is 0.300. The highest BCUT2D eigenvalue weighted by atomic mass is 79.9. The number of rotatable bonds is 9. The fourth-order valence-electron chi connectivity index (χ4n) is 2.50. The zero-order chi connectivity index (χ0) is 21.2. The van der Waals surface area contributed by atoms with Gasteiger partial charge in [0.2, 0.25) is 0 Å². The number of ether oxygens (including phenoxy) is 1. The summed E-state index contributed by atoms with van der Waals surface area (Å²) in [4.78, 5) is 34.8. The van der Waals surface area contributed by atoms with E-state index in [0.717, 1.165) is 25.7 Å². The number of amides is 2. The third kappa shape index (κ3) is 6.86. The third-order valence-corrected chi connectivity index (χ3v) is 4.56. The Labute approximate surface area is 176 Å². The Kier molecular flexibility index (Phi) is 8.60. The predicted octanol–water partition coefficient (Wildman–Crippen LogP) is 4.39. The molecular formula is C20H22BrN3O5. The minimum Gasteiger partial charge on any atom is -0.493 e. The molecule has 0 saturated carbocycles. The van der Waals surface area contributed by atoms with Gasteiger partial charge in [0.05, 0.1) is 17.1 Å². The Bertz CT molecular complexity index is 871. The van der Waals surface area contributed by atoms with Gasteiger partial charge in [0, 0.05) is 22.2 Å². The molecule has 0 aliphatic heterocycles. The average Bonchev–Trinajstić information content (AvgIpc) is 2.72. The Morgan fingerprint density at radius 2 is 1.72 bits per heavy atom. The zero-order valence-electron chi connectivity index (χ0n) is 15.9. The van der Waals surface area contributed by atoms with Crippen molar-refractivity contribution < 1.29 is 19.2 Å². The number of nitro groups is 1. The van der Waals surface area contributed by atoms with E-state index in [9.17, 15) is 19.7 Å². The van der Waals surface area contributed by atoms with Gasteiger partial charge in [-0.1, -0.05) is 42.1 Å². The number of hydrogen-bond donors (Lipinski definition) is 2. The third-order valence-electron chi connectivity index (χ3n) is 4.07. The number of hydrogen-bond acceptors (Lipinski definition) is 5. The Morgan fingerprint density at radius 3 is 2.38 bits per heavy atom. The van der Waals surface area contributed by atoms with Crippen molar-refractivity contribution in [2.24, 2.45) is 0 Å². The molecule has 0 radical (unpaired) electrons. The van der Waals surface area contributed by atoms with Crippen LogP contribution in [0.5, 0.6) is 5.75 Å². The number of benzene rings is 2. The maximum absolute atomic E-state index is 12.5. The molecule has 0 fully saturated rings. The summed E-state index contributed by atoms with van der Waals surface area (Å²) in [5, 5.41) is 10.7. The van der Waals surface area contributed by atoms with E-state index in [1.165, 1.54) is 24.3 Å². The molecular weight excluding hydrogens is 442 g/mol. The van der Waals surface area contributed by atoms with Gasteiger partial charge in [0.25, 0.3) is 17.5 Å². The normalized spacial score (nSPS) is 10.3. The van der Waals surface area contributed by atoms with E-state index in [0.29, 0.717) is 16.8 Å². The van der Waals surface area contributed by atoms with Gasteiger partial charge in [-0.05, 0) is 36.8 Å². The highest BCUT2D eigenvalue weighted by molar-refractivity contribution is 9.10. The molecule has 0 spiro atoms. The van der Waals surface area contributed by atoms with Gasteiger partial charge in [-0.25, -0.2) is 0 Å². The van der Waals surface area contributed by atoms with Gasteiger partial charge in [0.1, 0.15) is 5.75 Å². The SMILES string of the molecule is CCCCCCOc1ccc(Br)cc1C(=O)NNC(=O)c1ccc([N+](=O)[O-])cc1. The van der Waals surface area contributed by atoms with Crippen LogP contribution in [0.15, 0.2) is 46.9 Å². The second kappa shape index (κ2) is 11.2. The molecule has 9 heteroatoms. The first-order valence-electron chi connectivity index (χ1n) is 9.20. The van der Waals surface area contributed by atoms with E-state index in [1.807, 2.05) is 0 Å². The summed E-state index contributed by atoms with van der Waals surface area (Å²) in [6.45, 7) is 2.63. The van der Waals surface area contributed by atoms with Crippen molar-refractivity contribution in [1.82, 2.24) is 10.9 Å². The maximum Gasteiger partial charge on any atom is 0.273 e. The zero-order valence-corrected chi connectivity index (χ0v) is 17.5. The smallest absolute Gasteiger partial charge is 0.273 e. The lowest BCUT2D eigenvalue weighted by Crippen LogP contribution is -2.41. The number of carbonyl (C=O) groups is 2. The van der Waals surface area contributed by atoms with E-state index in [2.05, 4.69) is 33.7 Å². The lowest BCUT2D eigenvalue weighted by Gasteiger charge is -2.13. The number of nitro benzene ring substituents is 1. The molecule has 0 saturated heterocycles. The van der Waals surface area contributed by atoms with Crippen molar-refractivity contribution in [3.8, 4) is 5.75 Å². The Hall–Kier alpha value is -2.94. The van der Waals surface area contributed by atoms with Crippen LogP contribution < -0.4 is 15.6 Å². The monoisotopic (exact) mass is 463 g/mol. The predicted molar refractivity (Wildman–Crippen MR) is 112 cm³/mol. The second-order valence-corrected chi connectivity index (χ2v) is 7.18. The molecule has 154 valence electrons. The number of hydrazine groups is 1. The van der Waals surface area contributed by atoms with Crippen LogP contribution in [0, 0.1) is 10.1 Å². The van der Waals surface area contributed by atoms with Crippen LogP contribution in [0.25, 0.3) is 0 Å². The molecule has 0 atom stereocenters. The average molecular weight is 464 g/mol. The highest BCUT2D eigenvalue weighted by Gasteiger charge is 2.15. The number of carbonyl (C=O) groups excluding carboxylic acids is 2. The summed E-state index contributed by atoms with van der Waals surface area (Å²) < 4.78 is 6.43. The van der Waals surface area contributed by atoms with Crippen LogP contribution in [-0.2, 0) is 0 Å². The number of unbranched alkanes of at least 4 members (excludes halogenated alkanes) is 3. The minimum atomic E-state index is -0.592. The Morgan fingerprint density at radius 1 is 1.03 bits per heavy atom. The van der Waals surface area contributed by atoms with Gasteiger partial charge in [-0.15, -0.1) is 0 Å².